The van der Waals surface area contributed by atoms with E-state index >= 15 is 0 Å². The van der Waals surface area contributed by atoms with E-state index in [0.717, 1.165) is 0 Å². The minimum absolute atomic E-state index is 0.0503. The maximum absolute atomic E-state index is 13.1. The molecule has 4 unspecified atom stereocenters. The van der Waals surface area contributed by atoms with Gasteiger partial charge in [0.1, 0.15) is 48.5 Å². The van der Waals surface area contributed by atoms with Crippen molar-refractivity contribution in [2.24, 2.45) is 0 Å². The fourth-order valence-electron chi connectivity index (χ4n) is 5.43. The van der Waals surface area contributed by atoms with Gasteiger partial charge in [-0.1, -0.05) is 0 Å². The number of nitrogens with two attached hydrogens (primary N) is 2. The van der Waals surface area contributed by atoms with Gasteiger partial charge < -0.3 is 50.0 Å². The topological polar surface area (TPSA) is 300 Å². The Balaban J connectivity index is 1.21. The Labute approximate surface area is 255 Å². The highest BCUT2D eigenvalue weighted by Gasteiger charge is 2.53. The first-order valence-electron chi connectivity index (χ1n) is 13.1. The highest BCUT2D eigenvalue weighted by Crippen LogP contribution is 2.54. The van der Waals surface area contributed by atoms with Crippen molar-refractivity contribution in [3.05, 3.63) is 35.3 Å². The van der Waals surface area contributed by atoms with E-state index in [1.54, 1.807) is 0 Å². The van der Waals surface area contributed by atoms with E-state index in [9.17, 15) is 29.4 Å². The fourth-order valence-corrected chi connectivity index (χ4v) is 7.81. The second kappa shape index (κ2) is 11.1. The third-order valence-corrected chi connectivity index (χ3v) is 10.0. The average Bonchev–Trinajstić information content (AvgIpc) is 3.72. The summed E-state index contributed by atoms with van der Waals surface area (Å²) in [5, 5.41) is 22.4. The van der Waals surface area contributed by atoms with Gasteiger partial charge in [0.2, 0.25) is 5.95 Å². The summed E-state index contributed by atoms with van der Waals surface area (Å²) in [6.07, 6.45) is -7.70. The van der Waals surface area contributed by atoms with Crippen molar-refractivity contribution in [1.82, 2.24) is 34.1 Å². The maximum atomic E-state index is 13.1. The van der Waals surface area contributed by atoms with Gasteiger partial charge in [0.05, 0.1) is 24.9 Å². The minimum Gasteiger partial charge on any atom is -0.387 e. The summed E-state index contributed by atoms with van der Waals surface area (Å²) >= 11 is 5.23. The van der Waals surface area contributed by atoms with Crippen molar-refractivity contribution in [2.75, 3.05) is 24.7 Å². The summed E-state index contributed by atoms with van der Waals surface area (Å²) < 4.78 is 49.3. The SMILES string of the molecule is Nc1nc2c(ccn2[C@@H]2O[C@@H]3COP(=O)(O)OC4[C@@H](COP(O)(=S)OC2[C@H]3O)O[C@@H](n2cnc3c(N)ncnc32)[C@H]4O)c(=O)[nH]1. The number of aromatic nitrogens is 7. The van der Waals surface area contributed by atoms with Gasteiger partial charge in [-0.3, -0.25) is 27.9 Å². The van der Waals surface area contributed by atoms with Gasteiger partial charge in [0.25, 0.3) is 5.56 Å². The molecule has 45 heavy (non-hydrogen) atoms. The standard InChI is InChI=1S/C21H25N9O12P2S/c22-15-10-17(25-5-24-15)30(6-26-10)19-12(32)13-9(40-19)4-38-44(36,45)42-14-11(31)8(3-37-43(34,35)41-13)39-20(14)29-2-1-7-16(29)27-21(23)28-18(7)33/h1-2,5-6,8-9,11-14,19-20,31-32H,3-4H2,(H,34,35)(H,36,45)(H2,22,24,25)(H3,23,27,28,33)/t8-,9-,11+,12+,13?,14?,19-,20-,44?/m1/s1. The molecule has 4 aromatic rings. The zero-order valence-electron chi connectivity index (χ0n) is 22.5. The highest BCUT2D eigenvalue weighted by molar-refractivity contribution is 8.07. The molecular formula is C21H25N9O12P2S. The van der Waals surface area contributed by atoms with Gasteiger partial charge in [-0.05, 0) is 17.9 Å². The molecule has 0 aliphatic carbocycles. The number of hydrogen-bond donors (Lipinski definition) is 7. The monoisotopic (exact) mass is 689 g/mol. The zero-order chi connectivity index (χ0) is 31.8. The number of aliphatic hydroxyl groups is 2. The van der Waals surface area contributed by atoms with Crippen LogP contribution in [0, 0.1) is 0 Å². The Morgan fingerprint density at radius 1 is 0.956 bits per heavy atom. The second-order valence-electron chi connectivity index (χ2n) is 10.3. The van der Waals surface area contributed by atoms with Crippen LogP contribution >= 0.6 is 14.5 Å². The lowest BCUT2D eigenvalue weighted by Crippen LogP contribution is -2.36. The number of phosphoric ester groups is 1. The number of nitrogens with zero attached hydrogens (tertiary/aromatic N) is 6. The average molecular weight is 689 g/mol. The molecule has 0 amide bonds. The molecule has 242 valence electrons. The van der Waals surface area contributed by atoms with Crippen molar-refractivity contribution < 1.29 is 52.1 Å². The van der Waals surface area contributed by atoms with E-state index in [1.165, 1.54) is 34.1 Å². The molecule has 4 aromatic heterocycles. The van der Waals surface area contributed by atoms with Gasteiger partial charge in [-0.15, -0.1) is 0 Å². The lowest BCUT2D eigenvalue weighted by Gasteiger charge is -2.27. The molecule has 2 bridgehead atoms. The summed E-state index contributed by atoms with van der Waals surface area (Å²) in [5.41, 5.74) is 11.5. The van der Waals surface area contributed by atoms with E-state index in [0.29, 0.717) is 0 Å². The van der Waals surface area contributed by atoms with Crippen molar-refractivity contribution in [3.8, 4) is 0 Å². The summed E-state index contributed by atoms with van der Waals surface area (Å²) in [7, 11) is -5.00. The molecule has 3 aliphatic heterocycles. The van der Waals surface area contributed by atoms with E-state index in [1.807, 2.05) is 0 Å². The van der Waals surface area contributed by atoms with Crippen molar-refractivity contribution in [1.29, 1.82) is 0 Å². The molecule has 7 rings (SSSR count). The fraction of sp³-hybridized carbons (Fsp3) is 0.476. The first-order valence-corrected chi connectivity index (χ1v) is 17.2. The van der Waals surface area contributed by atoms with Crippen molar-refractivity contribution in [2.45, 2.75) is 49.1 Å². The third-order valence-electron chi connectivity index (χ3n) is 7.47. The predicted molar refractivity (Wildman–Crippen MR) is 152 cm³/mol. The number of imidazole rings is 1. The van der Waals surface area contributed by atoms with Crippen LogP contribution < -0.4 is 17.0 Å². The normalized spacial score (nSPS) is 37.7. The molecule has 21 nitrogen and oxygen atoms in total. The Kier molecular flexibility index (Phi) is 7.56. The van der Waals surface area contributed by atoms with Crippen LogP contribution in [0.4, 0.5) is 11.8 Å². The minimum atomic E-state index is -5.00. The number of aromatic amines is 1. The number of nitrogen functional groups attached to an aromatic ring is 2. The Morgan fingerprint density at radius 2 is 1.71 bits per heavy atom. The lowest BCUT2D eigenvalue weighted by atomic mass is 10.1. The first-order chi connectivity index (χ1) is 21.3. The lowest BCUT2D eigenvalue weighted by molar-refractivity contribution is -0.0634. The van der Waals surface area contributed by atoms with E-state index < -0.39 is 82.4 Å². The smallest absolute Gasteiger partial charge is 0.387 e. The number of phosphoric acid groups is 1. The van der Waals surface area contributed by atoms with Crippen molar-refractivity contribution in [3.63, 3.8) is 0 Å². The summed E-state index contributed by atoms with van der Waals surface area (Å²) in [5.74, 6) is -0.137. The number of anilines is 2. The molecule has 3 fully saturated rings. The van der Waals surface area contributed by atoms with E-state index in [4.69, 9.17) is 50.8 Å². The number of nitrogens with one attached hydrogen (secondary N) is 1. The molecule has 0 saturated carbocycles. The van der Waals surface area contributed by atoms with Crippen LogP contribution in [-0.4, -0.2) is 104 Å². The molecule has 0 radical (unpaired) electrons. The van der Waals surface area contributed by atoms with Gasteiger partial charge in [-0.25, -0.2) is 19.5 Å². The summed E-state index contributed by atoms with van der Waals surface area (Å²) in [6.45, 7) is -5.60. The number of rotatable bonds is 2. The highest BCUT2D eigenvalue weighted by atomic mass is 32.5. The molecule has 10 atom stereocenters. The van der Waals surface area contributed by atoms with Crippen LogP contribution in [0.1, 0.15) is 12.5 Å². The predicted octanol–water partition coefficient (Wildman–Crippen LogP) is -1.62. The van der Waals surface area contributed by atoms with Crippen molar-refractivity contribution >= 4 is 60.3 Å². The molecule has 0 spiro atoms. The molecule has 3 aliphatic rings. The van der Waals surface area contributed by atoms with Gasteiger partial charge in [0, 0.05) is 6.20 Å². The maximum Gasteiger partial charge on any atom is 0.472 e. The largest absolute Gasteiger partial charge is 0.472 e. The second-order valence-corrected chi connectivity index (χ2v) is 14.5. The van der Waals surface area contributed by atoms with Crippen LogP contribution in [-0.2, 0) is 43.9 Å². The quantitative estimate of drug-likeness (QED) is 0.116. The van der Waals surface area contributed by atoms with Gasteiger partial charge in [0.15, 0.2) is 29.6 Å². The molecule has 9 N–H and O–H groups in total. The Bertz CT molecular complexity index is 1940. The van der Waals surface area contributed by atoms with Gasteiger partial charge >= 0.3 is 14.5 Å². The van der Waals surface area contributed by atoms with Crippen LogP contribution in [0.25, 0.3) is 22.2 Å². The van der Waals surface area contributed by atoms with Crippen LogP contribution in [0.15, 0.2) is 29.7 Å². The molecule has 7 heterocycles. The van der Waals surface area contributed by atoms with Crippen LogP contribution in [0.2, 0.25) is 0 Å². The van der Waals surface area contributed by atoms with Crippen LogP contribution in [0.5, 0.6) is 0 Å². The van der Waals surface area contributed by atoms with E-state index in [-0.39, 0.29) is 34.0 Å². The van der Waals surface area contributed by atoms with Gasteiger partial charge in [-0.2, -0.15) is 4.98 Å². The Hall–Kier alpha value is -2.95. The molecule has 24 heteroatoms. The first kappa shape index (κ1) is 30.7. The van der Waals surface area contributed by atoms with E-state index in [2.05, 4.69) is 24.9 Å². The summed E-state index contributed by atoms with van der Waals surface area (Å²) in [6, 6.07) is 1.42. The third kappa shape index (κ3) is 5.46. The number of ether oxygens (including phenoxy) is 2. The molecular weight excluding hydrogens is 664 g/mol. The number of aliphatic hydroxyl groups excluding tert-OH is 2. The van der Waals surface area contributed by atoms with Crippen LogP contribution in [0.3, 0.4) is 0 Å². The number of fused-ring (bicyclic) bond motifs is 5. The number of H-pyrrole nitrogens is 1. The number of hydrogen-bond acceptors (Lipinski definition) is 17. The zero-order valence-corrected chi connectivity index (χ0v) is 25.1. The Morgan fingerprint density at radius 3 is 2.51 bits per heavy atom. The summed E-state index contributed by atoms with van der Waals surface area (Å²) in [4.78, 5) is 52.7. The molecule has 0 aromatic carbocycles. The molecule has 3 saturated heterocycles.